The fraction of sp³-hybridized carbons (Fsp3) is 0.444. The van der Waals surface area contributed by atoms with Crippen molar-refractivity contribution in [2.24, 2.45) is 10.7 Å². The monoisotopic (exact) mass is 193 g/mol. The van der Waals surface area contributed by atoms with Gasteiger partial charge in [-0.25, -0.2) is 4.99 Å². The molecule has 0 aliphatic carbocycles. The van der Waals surface area contributed by atoms with Crippen LogP contribution in [0.4, 0.5) is 0 Å². The van der Waals surface area contributed by atoms with Crippen LogP contribution in [-0.2, 0) is 6.54 Å². The van der Waals surface area contributed by atoms with E-state index < -0.39 is 0 Å². The number of nitrogens with two attached hydrogens (primary N) is 1. The largest absolute Gasteiger partial charge is 0.370 e. The fourth-order valence-electron chi connectivity index (χ4n) is 0.925. The SMILES string of the molecule is CC(C)NC(N)=NCc1cccnn1. The number of guanidine groups is 1. The van der Waals surface area contributed by atoms with E-state index in [9.17, 15) is 0 Å². The minimum atomic E-state index is 0.292. The predicted molar refractivity (Wildman–Crippen MR) is 55.6 cm³/mol. The lowest BCUT2D eigenvalue weighted by molar-refractivity contribution is 0.722. The van der Waals surface area contributed by atoms with Crippen molar-refractivity contribution in [3.8, 4) is 0 Å². The minimum absolute atomic E-state index is 0.292. The highest BCUT2D eigenvalue weighted by atomic mass is 15.1. The van der Waals surface area contributed by atoms with Crippen molar-refractivity contribution in [1.82, 2.24) is 15.5 Å². The molecule has 0 radical (unpaired) electrons. The Balaban J connectivity index is 2.47. The molecule has 1 aromatic rings. The molecule has 0 aliphatic heterocycles. The molecular formula is C9H15N5. The summed E-state index contributed by atoms with van der Waals surface area (Å²) in [6.07, 6.45) is 1.63. The molecular weight excluding hydrogens is 178 g/mol. The van der Waals surface area contributed by atoms with Crippen LogP contribution in [0, 0.1) is 0 Å². The zero-order valence-corrected chi connectivity index (χ0v) is 8.44. The highest BCUT2D eigenvalue weighted by Crippen LogP contribution is 1.92. The Morgan fingerprint density at radius 3 is 3.00 bits per heavy atom. The zero-order chi connectivity index (χ0) is 10.4. The molecule has 0 saturated carbocycles. The van der Waals surface area contributed by atoms with E-state index in [2.05, 4.69) is 20.5 Å². The quantitative estimate of drug-likeness (QED) is 0.534. The molecule has 0 aromatic carbocycles. The standard InChI is InChI=1S/C9H15N5/c1-7(2)13-9(10)11-6-8-4-3-5-12-14-8/h3-5,7H,6H2,1-2H3,(H3,10,11,13). The summed E-state index contributed by atoms with van der Waals surface area (Å²) in [7, 11) is 0. The van der Waals surface area contributed by atoms with Crippen LogP contribution in [0.3, 0.4) is 0 Å². The van der Waals surface area contributed by atoms with Crippen molar-refractivity contribution in [2.45, 2.75) is 26.4 Å². The summed E-state index contributed by atoms with van der Waals surface area (Å²) in [5.74, 6) is 0.436. The number of aliphatic imine (C=N–C) groups is 1. The van der Waals surface area contributed by atoms with Gasteiger partial charge in [-0.05, 0) is 26.0 Å². The second-order valence-electron chi connectivity index (χ2n) is 3.22. The molecule has 0 aliphatic rings. The second kappa shape index (κ2) is 5.16. The van der Waals surface area contributed by atoms with Gasteiger partial charge in [-0.3, -0.25) is 0 Å². The molecule has 0 amide bonds. The lowest BCUT2D eigenvalue weighted by Gasteiger charge is -2.07. The third-order valence-corrected chi connectivity index (χ3v) is 1.48. The van der Waals surface area contributed by atoms with Crippen molar-refractivity contribution in [2.75, 3.05) is 0 Å². The van der Waals surface area contributed by atoms with Crippen LogP contribution in [-0.4, -0.2) is 22.2 Å². The maximum absolute atomic E-state index is 5.61. The molecule has 5 nitrogen and oxygen atoms in total. The van der Waals surface area contributed by atoms with Gasteiger partial charge in [-0.2, -0.15) is 10.2 Å². The predicted octanol–water partition coefficient (Wildman–Crippen LogP) is 0.289. The Morgan fingerprint density at radius 1 is 1.64 bits per heavy atom. The first-order valence-electron chi connectivity index (χ1n) is 4.51. The van der Waals surface area contributed by atoms with Gasteiger partial charge in [-0.15, -0.1) is 0 Å². The van der Waals surface area contributed by atoms with E-state index in [0.717, 1.165) is 5.69 Å². The number of hydrogen-bond donors (Lipinski definition) is 2. The van der Waals surface area contributed by atoms with Crippen molar-refractivity contribution >= 4 is 5.96 Å². The summed E-state index contributed by atoms with van der Waals surface area (Å²) in [6.45, 7) is 4.47. The molecule has 1 rings (SSSR count). The van der Waals surface area contributed by atoms with Crippen molar-refractivity contribution < 1.29 is 0 Å². The van der Waals surface area contributed by atoms with Gasteiger partial charge < -0.3 is 11.1 Å². The van der Waals surface area contributed by atoms with E-state index in [1.807, 2.05) is 26.0 Å². The van der Waals surface area contributed by atoms with Crippen molar-refractivity contribution in [3.05, 3.63) is 24.0 Å². The molecule has 5 heteroatoms. The van der Waals surface area contributed by atoms with Crippen LogP contribution in [0.5, 0.6) is 0 Å². The van der Waals surface area contributed by atoms with Gasteiger partial charge in [0.2, 0.25) is 0 Å². The first kappa shape index (κ1) is 10.4. The molecule has 0 bridgehead atoms. The Morgan fingerprint density at radius 2 is 2.43 bits per heavy atom. The van der Waals surface area contributed by atoms with Crippen LogP contribution in [0.2, 0.25) is 0 Å². The van der Waals surface area contributed by atoms with Crippen molar-refractivity contribution in [3.63, 3.8) is 0 Å². The van der Waals surface area contributed by atoms with Gasteiger partial charge in [0.1, 0.15) is 0 Å². The van der Waals surface area contributed by atoms with E-state index >= 15 is 0 Å². The molecule has 0 fully saturated rings. The van der Waals surface area contributed by atoms with Gasteiger partial charge in [0, 0.05) is 12.2 Å². The summed E-state index contributed by atoms with van der Waals surface area (Å²) in [5.41, 5.74) is 6.42. The molecule has 0 spiro atoms. The molecule has 0 unspecified atom stereocenters. The van der Waals surface area contributed by atoms with Gasteiger partial charge in [0.25, 0.3) is 0 Å². The number of aromatic nitrogens is 2. The molecule has 1 heterocycles. The van der Waals surface area contributed by atoms with E-state index in [4.69, 9.17) is 5.73 Å². The molecule has 76 valence electrons. The summed E-state index contributed by atoms with van der Waals surface area (Å²) in [5, 5.41) is 10.6. The highest BCUT2D eigenvalue weighted by molar-refractivity contribution is 5.77. The van der Waals surface area contributed by atoms with Gasteiger partial charge in [0.05, 0.1) is 12.2 Å². The van der Waals surface area contributed by atoms with Gasteiger partial charge >= 0.3 is 0 Å². The average Bonchev–Trinajstić information content (AvgIpc) is 2.15. The maximum Gasteiger partial charge on any atom is 0.189 e. The van der Waals surface area contributed by atoms with Gasteiger partial charge in [0.15, 0.2) is 5.96 Å². The van der Waals surface area contributed by atoms with E-state index in [1.54, 1.807) is 6.20 Å². The first-order valence-corrected chi connectivity index (χ1v) is 4.51. The van der Waals surface area contributed by atoms with Gasteiger partial charge in [-0.1, -0.05) is 0 Å². The topological polar surface area (TPSA) is 76.2 Å². The number of nitrogens with zero attached hydrogens (tertiary/aromatic N) is 3. The van der Waals surface area contributed by atoms with Crippen molar-refractivity contribution in [1.29, 1.82) is 0 Å². The lowest BCUT2D eigenvalue weighted by Crippen LogP contribution is -2.36. The summed E-state index contributed by atoms with van der Waals surface area (Å²) < 4.78 is 0. The smallest absolute Gasteiger partial charge is 0.189 e. The second-order valence-corrected chi connectivity index (χ2v) is 3.22. The highest BCUT2D eigenvalue weighted by Gasteiger charge is 1.95. The molecule has 0 saturated heterocycles. The molecule has 3 N–H and O–H groups in total. The minimum Gasteiger partial charge on any atom is -0.370 e. The molecule has 0 atom stereocenters. The third-order valence-electron chi connectivity index (χ3n) is 1.48. The maximum atomic E-state index is 5.61. The van der Waals surface area contributed by atoms with Crippen LogP contribution in [0.25, 0.3) is 0 Å². The lowest BCUT2D eigenvalue weighted by atomic mass is 10.4. The first-order chi connectivity index (χ1) is 6.68. The van der Waals surface area contributed by atoms with E-state index in [0.29, 0.717) is 18.5 Å². The number of hydrogen-bond acceptors (Lipinski definition) is 3. The number of nitrogens with one attached hydrogen (secondary N) is 1. The number of rotatable bonds is 3. The van der Waals surface area contributed by atoms with Crippen LogP contribution < -0.4 is 11.1 Å². The van der Waals surface area contributed by atoms with E-state index in [-0.39, 0.29) is 0 Å². The Hall–Kier alpha value is -1.65. The van der Waals surface area contributed by atoms with Crippen LogP contribution in [0.15, 0.2) is 23.3 Å². The Labute approximate surface area is 83.4 Å². The Kier molecular flexibility index (Phi) is 3.84. The Bertz CT molecular complexity index is 293. The normalized spacial score (nSPS) is 11.8. The average molecular weight is 193 g/mol. The fourth-order valence-corrected chi connectivity index (χ4v) is 0.925. The summed E-state index contributed by atoms with van der Waals surface area (Å²) >= 11 is 0. The summed E-state index contributed by atoms with van der Waals surface area (Å²) in [4.78, 5) is 4.12. The third kappa shape index (κ3) is 3.84. The van der Waals surface area contributed by atoms with Crippen LogP contribution >= 0.6 is 0 Å². The molecule has 14 heavy (non-hydrogen) atoms. The summed E-state index contributed by atoms with van der Waals surface area (Å²) in [6, 6.07) is 3.98. The molecule has 1 aromatic heterocycles. The van der Waals surface area contributed by atoms with Crippen LogP contribution in [0.1, 0.15) is 19.5 Å². The van der Waals surface area contributed by atoms with E-state index in [1.165, 1.54) is 0 Å². The zero-order valence-electron chi connectivity index (χ0n) is 8.44.